The Hall–Kier alpha value is -0.120. The quantitative estimate of drug-likeness (QED) is 0.694. The molecule has 2 aliphatic heterocycles. The number of rotatable bonds is 3. The van der Waals surface area contributed by atoms with Crippen LogP contribution in [0.4, 0.5) is 0 Å². The van der Waals surface area contributed by atoms with E-state index < -0.39 is 0 Å². The first-order chi connectivity index (χ1) is 6.79. The predicted molar refractivity (Wildman–Crippen MR) is 59.3 cm³/mol. The highest BCUT2D eigenvalue weighted by molar-refractivity contribution is 4.90. The molecule has 0 amide bonds. The summed E-state index contributed by atoms with van der Waals surface area (Å²) < 4.78 is 0. The summed E-state index contributed by atoms with van der Waals surface area (Å²) in [6, 6.07) is 0. The first-order valence-corrected chi connectivity index (χ1v) is 6.01. The third kappa shape index (κ3) is 2.69. The lowest BCUT2D eigenvalue weighted by atomic mass is 9.88. The van der Waals surface area contributed by atoms with Gasteiger partial charge in [0.25, 0.3) is 0 Å². The third-order valence-electron chi connectivity index (χ3n) is 3.63. The van der Waals surface area contributed by atoms with Gasteiger partial charge in [0.2, 0.25) is 0 Å². The van der Waals surface area contributed by atoms with E-state index in [4.69, 9.17) is 5.73 Å². The smallest absolute Gasteiger partial charge is 0.0293 e. The van der Waals surface area contributed by atoms with Crippen molar-refractivity contribution < 1.29 is 0 Å². The van der Waals surface area contributed by atoms with Gasteiger partial charge in [-0.3, -0.25) is 0 Å². The SMILES string of the molecule is NC1(CCN2CCCC2)CCCNC1. The first kappa shape index (κ1) is 10.4. The number of likely N-dealkylation sites (tertiary alicyclic amines) is 1. The Bertz CT molecular complexity index is 169. The fourth-order valence-electron chi connectivity index (χ4n) is 2.59. The maximum Gasteiger partial charge on any atom is 0.0293 e. The Balaban J connectivity index is 1.72. The Labute approximate surface area is 87.0 Å². The van der Waals surface area contributed by atoms with Crippen LogP contribution in [0.3, 0.4) is 0 Å². The number of hydrogen-bond acceptors (Lipinski definition) is 3. The van der Waals surface area contributed by atoms with Gasteiger partial charge in [-0.2, -0.15) is 0 Å². The van der Waals surface area contributed by atoms with E-state index in [1.165, 1.54) is 51.7 Å². The van der Waals surface area contributed by atoms with Crippen LogP contribution in [0.25, 0.3) is 0 Å². The zero-order valence-corrected chi connectivity index (χ0v) is 9.10. The second-order valence-corrected chi connectivity index (χ2v) is 4.94. The van der Waals surface area contributed by atoms with Crippen LogP contribution < -0.4 is 11.1 Å². The number of hydrogen-bond donors (Lipinski definition) is 2. The van der Waals surface area contributed by atoms with Crippen molar-refractivity contribution in [2.24, 2.45) is 5.73 Å². The van der Waals surface area contributed by atoms with Gasteiger partial charge in [0, 0.05) is 12.1 Å². The van der Waals surface area contributed by atoms with Crippen molar-refractivity contribution in [3.63, 3.8) is 0 Å². The summed E-state index contributed by atoms with van der Waals surface area (Å²) in [5.74, 6) is 0. The Morgan fingerprint density at radius 1 is 1.21 bits per heavy atom. The van der Waals surface area contributed by atoms with Crippen LogP contribution in [0.2, 0.25) is 0 Å². The monoisotopic (exact) mass is 197 g/mol. The Morgan fingerprint density at radius 2 is 2.00 bits per heavy atom. The number of nitrogens with zero attached hydrogens (tertiary/aromatic N) is 1. The number of nitrogens with one attached hydrogen (secondary N) is 1. The van der Waals surface area contributed by atoms with Crippen molar-refractivity contribution in [2.45, 2.75) is 37.6 Å². The molecule has 0 bridgehead atoms. The molecule has 2 rings (SSSR count). The summed E-state index contributed by atoms with van der Waals surface area (Å²) in [7, 11) is 0. The molecule has 14 heavy (non-hydrogen) atoms. The minimum Gasteiger partial charge on any atom is -0.324 e. The molecule has 2 heterocycles. The molecule has 3 N–H and O–H groups in total. The maximum absolute atomic E-state index is 6.35. The van der Waals surface area contributed by atoms with Gasteiger partial charge in [-0.15, -0.1) is 0 Å². The molecule has 0 aromatic heterocycles. The molecule has 3 nitrogen and oxygen atoms in total. The molecule has 82 valence electrons. The lowest BCUT2D eigenvalue weighted by Crippen LogP contribution is -2.53. The third-order valence-corrected chi connectivity index (χ3v) is 3.63. The van der Waals surface area contributed by atoms with E-state index in [2.05, 4.69) is 10.2 Å². The normalized spacial score (nSPS) is 34.9. The van der Waals surface area contributed by atoms with Crippen LogP contribution in [-0.2, 0) is 0 Å². The topological polar surface area (TPSA) is 41.3 Å². The van der Waals surface area contributed by atoms with E-state index in [0.717, 1.165) is 13.1 Å². The van der Waals surface area contributed by atoms with Gasteiger partial charge in [0.15, 0.2) is 0 Å². The summed E-state index contributed by atoms with van der Waals surface area (Å²) in [6.07, 6.45) is 6.38. The van der Waals surface area contributed by atoms with E-state index in [9.17, 15) is 0 Å². The molecule has 0 aliphatic carbocycles. The van der Waals surface area contributed by atoms with Crippen molar-refractivity contribution in [3.05, 3.63) is 0 Å². The van der Waals surface area contributed by atoms with E-state index >= 15 is 0 Å². The van der Waals surface area contributed by atoms with E-state index in [0.29, 0.717) is 0 Å². The molecular formula is C11H23N3. The summed E-state index contributed by atoms with van der Waals surface area (Å²) in [6.45, 7) is 5.97. The molecule has 0 aromatic rings. The highest BCUT2D eigenvalue weighted by Crippen LogP contribution is 2.18. The van der Waals surface area contributed by atoms with E-state index in [-0.39, 0.29) is 5.54 Å². The molecule has 0 aromatic carbocycles. The minimum absolute atomic E-state index is 0.0842. The molecule has 1 unspecified atom stereocenters. The highest BCUT2D eigenvalue weighted by Gasteiger charge is 2.27. The largest absolute Gasteiger partial charge is 0.324 e. The zero-order chi connectivity index (χ0) is 9.86. The molecular weight excluding hydrogens is 174 g/mol. The second-order valence-electron chi connectivity index (χ2n) is 4.94. The van der Waals surface area contributed by atoms with E-state index in [1.54, 1.807) is 0 Å². The van der Waals surface area contributed by atoms with E-state index in [1.807, 2.05) is 0 Å². The second kappa shape index (κ2) is 4.60. The van der Waals surface area contributed by atoms with Gasteiger partial charge in [-0.1, -0.05) is 0 Å². The van der Waals surface area contributed by atoms with Crippen LogP contribution >= 0.6 is 0 Å². The molecule has 0 radical (unpaired) electrons. The number of piperidine rings is 1. The van der Waals surface area contributed by atoms with Crippen molar-refractivity contribution in [3.8, 4) is 0 Å². The lowest BCUT2D eigenvalue weighted by molar-refractivity contribution is 0.241. The van der Waals surface area contributed by atoms with Crippen molar-refractivity contribution in [2.75, 3.05) is 32.7 Å². The molecule has 2 fully saturated rings. The zero-order valence-electron chi connectivity index (χ0n) is 9.10. The van der Waals surface area contributed by atoms with Crippen LogP contribution in [0, 0.1) is 0 Å². The van der Waals surface area contributed by atoms with Crippen LogP contribution in [0.15, 0.2) is 0 Å². The summed E-state index contributed by atoms with van der Waals surface area (Å²) >= 11 is 0. The molecule has 2 saturated heterocycles. The standard InChI is InChI=1S/C11H23N3/c12-11(4-3-6-13-10-11)5-9-14-7-1-2-8-14/h13H,1-10,12H2. The molecule has 0 spiro atoms. The average Bonchev–Trinajstić information content (AvgIpc) is 2.69. The molecule has 1 atom stereocenters. The fourth-order valence-corrected chi connectivity index (χ4v) is 2.59. The predicted octanol–water partition coefficient (Wildman–Crippen LogP) is 0.553. The van der Waals surface area contributed by atoms with Crippen molar-refractivity contribution in [1.82, 2.24) is 10.2 Å². The fraction of sp³-hybridized carbons (Fsp3) is 1.00. The molecule has 0 saturated carbocycles. The van der Waals surface area contributed by atoms with Gasteiger partial charge >= 0.3 is 0 Å². The average molecular weight is 197 g/mol. The number of nitrogens with two attached hydrogens (primary N) is 1. The van der Waals surface area contributed by atoms with Crippen molar-refractivity contribution >= 4 is 0 Å². The van der Waals surface area contributed by atoms with Crippen LogP contribution in [0.5, 0.6) is 0 Å². The van der Waals surface area contributed by atoms with Gasteiger partial charge in [0.05, 0.1) is 0 Å². The van der Waals surface area contributed by atoms with Crippen molar-refractivity contribution in [1.29, 1.82) is 0 Å². The van der Waals surface area contributed by atoms with Crippen LogP contribution in [-0.4, -0.2) is 43.2 Å². The summed E-state index contributed by atoms with van der Waals surface area (Å²) in [5, 5.41) is 3.41. The lowest BCUT2D eigenvalue weighted by Gasteiger charge is -2.35. The maximum atomic E-state index is 6.35. The highest BCUT2D eigenvalue weighted by atomic mass is 15.1. The van der Waals surface area contributed by atoms with Crippen LogP contribution in [0.1, 0.15) is 32.1 Å². The van der Waals surface area contributed by atoms with Gasteiger partial charge in [-0.05, 0) is 58.3 Å². The Kier molecular flexibility index (Phi) is 3.42. The summed E-state index contributed by atoms with van der Waals surface area (Å²) in [4.78, 5) is 2.56. The minimum atomic E-state index is 0.0842. The summed E-state index contributed by atoms with van der Waals surface area (Å²) in [5.41, 5.74) is 6.43. The molecule has 3 heteroatoms. The van der Waals surface area contributed by atoms with Gasteiger partial charge < -0.3 is 16.0 Å². The first-order valence-electron chi connectivity index (χ1n) is 6.01. The van der Waals surface area contributed by atoms with Gasteiger partial charge in [0.1, 0.15) is 0 Å². The Morgan fingerprint density at radius 3 is 2.64 bits per heavy atom. The van der Waals surface area contributed by atoms with Gasteiger partial charge in [-0.25, -0.2) is 0 Å². The molecule has 2 aliphatic rings.